The minimum atomic E-state index is -0.720. The van der Waals surface area contributed by atoms with E-state index in [0.717, 1.165) is 0 Å². The van der Waals surface area contributed by atoms with Crippen LogP contribution in [0.1, 0.15) is 12.2 Å². The van der Waals surface area contributed by atoms with Gasteiger partial charge < -0.3 is 14.5 Å². The first kappa shape index (κ1) is 23.1. The number of thioether (sulfide) groups is 1. The third kappa shape index (κ3) is 5.26. The van der Waals surface area contributed by atoms with E-state index in [9.17, 15) is 19.7 Å². The van der Waals surface area contributed by atoms with E-state index in [0.29, 0.717) is 16.6 Å². The van der Waals surface area contributed by atoms with Gasteiger partial charge in [0.25, 0.3) is 5.69 Å². The summed E-state index contributed by atoms with van der Waals surface area (Å²) < 4.78 is 10.6. The number of nitro benzene ring substituents is 1. The fourth-order valence-corrected chi connectivity index (χ4v) is 4.48. The standard InChI is InChI=1S/C23H20N4O6S/c1-32-19-10-9-16(27(30)31)12-18(19)25-21(28)13-20-22(29)26(14-17-8-5-11-33-17)23(34-20)24-15-6-3-2-4-7-15/h2-12,20H,13-14H2,1H3,(H,25,28). The van der Waals surface area contributed by atoms with Gasteiger partial charge in [-0.15, -0.1) is 0 Å². The Morgan fingerprint density at radius 1 is 1.24 bits per heavy atom. The van der Waals surface area contributed by atoms with Crippen LogP contribution in [0.5, 0.6) is 5.75 Å². The predicted molar refractivity (Wildman–Crippen MR) is 127 cm³/mol. The Balaban J connectivity index is 1.53. The van der Waals surface area contributed by atoms with Crippen LogP contribution in [0.3, 0.4) is 0 Å². The molecule has 0 spiro atoms. The van der Waals surface area contributed by atoms with Gasteiger partial charge in [0.2, 0.25) is 11.8 Å². The third-order valence-corrected chi connectivity index (χ3v) is 6.11. The number of nitro groups is 1. The van der Waals surface area contributed by atoms with Gasteiger partial charge in [0.15, 0.2) is 5.17 Å². The molecule has 4 rings (SSSR count). The number of benzene rings is 2. The van der Waals surface area contributed by atoms with Crippen LogP contribution in [-0.4, -0.2) is 39.2 Å². The zero-order valence-corrected chi connectivity index (χ0v) is 18.9. The summed E-state index contributed by atoms with van der Waals surface area (Å²) in [6.07, 6.45) is 1.37. The average molecular weight is 481 g/mol. The molecule has 2 heterocycles. The molecule has 1 saturated heterocycles. The number of para-hydroxylation sites is 1. The van der Waals surface area contributed by atoms with Crippen molar-refractivity contribution < 1.29 is 23.7 Å². The lowest BCUT2D eigenvalue weighted by molar-refractivity contribution is -0.384. The van der Waals surface area contributed by atoms with Crippen molar-refractivity contribution in [2.24, 2.45) is 4.99 Å². The fourth-order valence-electron chi connectivity index (χ4n) is 3.32. The maximum atomic E-state index is 13.2. The van der Waals surface area contributed by atoms with Gasteiger partial charge in [-0.1, -0.05) is 30.0 Å². The SMILES string of the molecule is COc1ccc([N+](=O)[O-])cc1NC(=O)CC1SC(=Nc2ccccc2)N(Cc2ccco2)C1=O. The number of carbonyl (C=O) groups excluding carboxylic acids is 2. The van der Waals surface area contributed by atoms with E-state index in [-0.39, 0.29) is 36.0 Å². The molecule has 3 aromatic rings. The first-order valence-corrected chi connectivity index (χ1v) is 11.1. The van der Waals surface area contributed by atoms with Gasteiger partial charge in [0.1, 0.15) is 16.8 Å². The molecule has 174 valence electrons. The summed E-state index contributed by atoms with van der Waals surface area (Å²) in [6.45, 7) is 0.182. The number of amides is 2. The maximum Gasteiger partial charge on any atom is 0.271 e. The van der Waals surface area contributed by atoms with E-state index in [1.165, 1.54) is 48.2 Å². The van der Waals surface area contributed by atoms with E-state index in [1.54, 1.807) is 12.1 Å². The molecule has 1 aromatic heterocycles. The molecule has 1 N–H and O–H groups in total. The third-order valence-electron chi connectivity index (χ3n) is 4.93. The second-order valence-corrected chi connectivity index (χ2v) is 8.40. The highest BCUT2D eigenvalue weighted by Crippen LogP contribution is 2.34. The first-order chi connectivity index (χ1) is 16.4. The largest absolute Gasteiger partial charge is 0.495 e. The molecule has 1 atom stereocenters. The van der Waals surface area contributed by atoms with Crippen molar-refractivity contribution in [2.75, 3.05) is 12.4 Å². The Kier molecular flexibility index (Phi) is 6.93. The van der Waals surface area contributed by atoms with E-state index in [1.807, 2.05) is 30.3 Å². The number of hydrogen-bond acceptors (Lipinski definition) is 8. The van der Waals surface area contributed by atoms with Gasteiger partial charge in [-0.25, -0.2) is 4.99 Å². The van der Waals surface area contributed by atoms with Crippen LogP contribution in [-0.2, 0) is 16.1 Å². The normalized spacial score (nSPS) is 16.6. The maximum absolute atomic E-state index is 13.2. The summed E-state index contributed by atoms with van der Waals surface area (Å²) >= 11 is 1.18. The van der Waals surface area contributed by atoms with Crippen molar-refractivity contribution >= 4 is 45.8 Å². The summed E-state index contributed by atoms with van der Waals surface area (Å²) in [6, 6.07) is 16.6. The second-order valence-electron chi connectivity index (χ2n) is 7.23. The summed E-state index contributed by atoms with van der Waals surface area (Å²) in [7, 11) is 1.39. The van der Waals surface area contributed by atoms with E-state index in [4.69, 9.17) is 9.15 Å². The van der Waals surface area contributed by atoms with Crippen molar-refractivity contribution in [3.63, 3.8) is 0 Å². The summed E-state index contributed by atoms with van der Waals surface area (Å²) in [4.78, 5) is 42.5. The Labute approximate surface area is 198 Å². The molecule has 1 aliphatic heterocycles. The molecule has 0 radical (unpaired) electrons. The number of hydrogen-bond donors (Lipinski definition) is 1. The minimum absolute atomic E-state index is 0.155. The molecule has 0 bridgehead atoms. The van der Waals surface area contributed by atoms with Crippen LogP contribution in [0.4, 0.5) is 17.1 Å². The zero-order valence-electron chi connectivity index (χ0n) is 18.0. The molecule has 2 aromatic carbocycles. The summed E-state index contributed by atoms with van der Waals surface area (Å²) in [5.41, 5.74) is 0.640. The molecule has 11 heteroatoms. The highest BCUT2D eigenvalue weighted by atomic mass is 32.2. The van der Waals surface area contributed by atoms with Crippen molar-refractivity contribution in [3.05, 3.63) is 82.8 Å². The molecule has 1 fully saturated rings. The summed E-state index contributed by atoms with van der Waals surface area (Å²) in [5, 5.41) is 13.4. The van der Waals surface area contributed by atoms with Crippen molar-refractivity contribution in [1.29, 1.82) is 0 Å². The number of nitrogens with zero attached hydrogens (tertiary/aromatic N) is 3. The highest BCUT2D eigenvalue weighted by Gasteiger charge is 2.39. The molecule has 2 amide bonds. The monoisotopic (exact) mass is 480 g/mol. The number of non-ortho nitro benzene ring substituents is 1. The Hall–Kier alpha value is -4.12. The number of anilines is 1. The number of methoxy groups -OCH3 is 1. The highest BCUT2D eigenvalue weighted by molar-refractivity contribution is 8.15. The van der Waals surface area contributed by atoms with Crippen LogP contribution >= 0.6 is 11.8 Å². The van der Waals surface area contributed by atoms with Gasteiger partial charge in [-0.05, 0) is 30.3 Å². The van der Waals surface area contributed by atoms with Crippen LogP contribution in [0.15, 0.2) is 76.3 Å². The Morgan fingerprint density at radius 3 is 2.71 bits per heavy atom. The van der Waals surface area contributed by atoms with Crippen LogP contribution in [0.25, 0.3) is 0 Å². The first-order valence-electron chi connectivity index (χ1n) is 10.2. The van der Waals surface area contributed by atoms with Crippen LogP contribution in [0, 0.1) is 10.1 Å². The lowest BCUT2D eigenvalue weighted by atomic mass is 10.2. The van der Waals surface area contributed by atoms with Crippen molar-refractivity contribution in [3.8, 4) is 5.75 Å². The van der Waals surface area contributed by atoms with Gasteiger partial charge in [0.05, 0.1) is 36.2 Å². The number of ether oxygens (including phenoxy) is 1. The topological polar surface area (TPSA) is 127 Å². The molecule has 0 aliphatic carbocycles. The number of furan rings is 1. The quantitative estimate of drug-likeness (QED) is 0.375. The zero-order chi connectivity index (χ0) is 24.1. The predicted octanol–water partition coefficient (Wildman–Crippen LogP) is 4.36. The average Bonchev–Trinajstić information content (AvgIpc) is 3.44. The van der Waals surface area contributed by atoms with Gasteiger partial charge in [-0.3, -0.25) is 24.6 Å². The van der Waals surface area contributed by atoms with E-state index >= 15 is 0 Å². The van der Waals surface area contributed by atoms with Gasteiger partial charge in [0, 0.05) is 18.6 Å². The molecule has 34 heavy (non-hydrogen) atoms. The number of carbonyl (C=O) groups is 2. The molecule has 10 nitrogen and oxygen atoms in total. The molecule has 1 unspecified atom stereocenters. The van der Waals surface area contributed by atoms with E-state index in [2.05, 4.69) is 10.3 Å². The lowest BCUT2D eigenvalue weighted by Gasteiger charge is -2.15. The van der Waals surface area contributed by atoms with Crippen LogP contribution in [0.2, 0.25) is 0 Å². The molecule has 0 saturated carbocycles. The van der Waals surface area contributed by atoms with Crippen molar-refractivity contribution in [2.45, 2.75) is 18.2 Å². The number of nitrogens with one attached hydrogen (secondary N) is 1. The van der Waals surface area contributed by atoms with E-state index < -0.39 is 16.1 Å². The smallest absolute Gasteiger partial charge is 0.271 e. The fraction of sp³-hybridized carbons (Fsp3) is 0.174. The molecular formula is C23H20N4O6S. The molecule has 1 aliphatic rings. The Morgan fingerprint density at radius 2 is 2.03 bits per heavy atom. The van der Waals surface area contributed by atoms with Gasteiger partial charge in [-0.2, -0.15) is 0 Å². The Bertz CT molecular complexity index is 1230. The van der Waals surface area contributed by atoms with Crippen molar-refractivity contribution in [1.82, 2.24) is 4.90 Å². The van der Waals surface area contributed by atoms with Crippen LogP contribution < -0.4 is 10.1 Å². The number of rotatable bonds is 8. The summed E-state index contributed by atoms with van der Waals surface area (Å²) in [5.74, 6) is 0.0945. The van der Waals surface area contributed by atoms with Gasteiger partial charge >= 0.3 is 0 Å². The lowest BCUT2D eigenvalue weighted by Crippen LogP contribution is -2.33. The minimum Gasteiger partial charge on any atom is -0.495 e. The number of amidine groups is 1. The second kappa shape index (κ2) is 10.2. The molecular weight excluding hydrogens is 460 g/mol. The number of aliphatic imine (C=N–C) groups is 1.